The standard InChI is InChI=1S/C12H14F3NO/c1-3-11(16-4-2)9-5-7-10(8-6-9)17-12(13,14)15/h3,5-8,11,16H,1,4H2,2H3. The molecule has 0 heterocycles. The van der Waals surface area contributed by atoms with Crippen molar-refractivity contribution in [3.63, 3.8) is 0 Å². The molecule has 1 N–H and O–H groups in total. The number of alkyl halides is 3. The van der Waals surface area contributed by atoms with Gasteiger partial charge in [-0.3, -0.25) is 0 Å². The summed E-state index contributed by atoms with van der Waals surface area (Å²) in [6, 6.07) is 5.67. The lowest BCUT2D eigenvalue weighted by atomic mass is 10.1. The van der Waals surface area contributed by atoms with E-state index in [0.717, 1.165) is 12.1 Å². The molecule has 1 aromatic rings. The van der Waals surface area contributed by atoms with Crippen LogP contribution in [0.1, 0.15) is 18.5 Å². The van der Waals surface area contributed by atoms with Crippen LogP contribution in [-0.2, 0) is 0 Å². The zero-order chi connectivity index (χ0) is 12.9. The Balaban J connectivity index is 2.76. The highest BCUT2D eigenvalue weighted by atomic mass is 19.4. The minimum atomic E-state index is -4.65. The van der Waals surface area contributed by atoms with Crippen LogP contribution >= 0.6 is 0 Å². The molecule has 1 atom stereocenters. The lowest BCUT2D eigenvalue weighted by molar-refractivity contribution is -0.274. The fraction of sp³-hybridized carbons (Fsp3) is 0.333. The minimum Gasteiger partial charge on any atom is -0.406 e. The summed E-state index contributed by atoms with van der Waals surface area (Å²) in [7, 11) is 0. The van der Waals surface area contributed by atoms with Crippen LogP contribution in [0.5, 0.6) is 5.75 Å². The lowest BCUT2D eigenvalue weighted by Gasteiger charge is -2.14. The Labute approximate surface area is 98.1 Å². The molecule has 0 amide bonds. The van der Waals surface area contributed by atoms with Gasteiger partial charge in [-0.05, 0) is 24.2 Å². The van der Waals surface area contributed by atoms with Gasteiger partial charge in [0.05, 0.1) is 6.04 Å². The predicted molar refractivity (Wildman–Crippen MR) is 59.7 cm³/mol. The topological polar surface area (TPSA) is 21.3 Å². The highest BCUT2D eigenvalue weighted by molar-refractivity contribution is 5.30. The highest BCUT2D eigenvalue weighted by Crippen LogP contribution is 2.24. The summed E-state index contributed by atoms with van der Waals surface area (Å²) in [5.41, 5.74) is 0.844. The van der Waals surface area contributed by atoms with Gasteiger partial charge in [0.15, 0.2) is 0 Å². The van der Waals surface area contributed by atoms with E-state index in [2.05, 4.69) is 16.6 Å². The van der Waals surface area contributed by atoms with Crippen LogP contribution in [0.3, 0.4) is 0 Å². The van der Waals surface area contributed by atoms with E-state index < -0.39 is 6.36 Å². The number of nitrogens with one attached hydrogen (secondary N) is 1. The van der Waals surface area contributed by atoms with Gasteiger partial charge in [0, 0.05) is 0 Å². The Morgan fingerprint density at radius 2 is 1.94 bits per heavy atom. The van der Waals surface area contributed by atoms with E-state index in [1.165, 1.54) is 12.1 Å². The summed E-state index contributed by atoms with van der Waals surface area (Å²) in [6.07, 6.45) is -2.95. The second kappa shape index (κ2) is 5.72. The molecule has 0 aliphatic rings. The largest absolute Gasteiger partial charge is 0.573 e. The van der Waals surface area contributed by atoms with Crippen LogP contribution in [0.25, 0.3) is 0 Å². The first-order valence-corrected chi connectivity index (χ1v) is 5.18. The molecule has 0 aliphatic heterocycles. The van der Waals surface area contributed by atoms with Crippen LogP contribution in [0, 0.1) is 0 Å². The van der Waals surface area contributed by atoms with Crippen molar-refractivity contribution in [2.75, 3.05) is 6.54 Å². The molecule has 1 unspecified atom stereocenters. The van der Waals surface area contributed by atoms with Gasteiger partial charge < -0.3 is 10.1 Å². The van der Waals surface area contributed by atoms with Crippen molar-refractivity contribution in [2.24, 2.45) is 0 Å². The fourth-order valence-corrected chi connectivity index (χ4v) is 1.43. The van der Waals surface area contributed by atoms with Gasteiger partial charge in [0.2, 0.25) is 0 Å². The zero-order valence-electron chi connectivity index (χ0n) is 9.42. The molecule has 0 fully saturated rings. The maximum atomic E-state index is 11.9. The van der Waals surface area contributed by atoms with E-state index in [0.29, 0.717) is 0 Å². The second-order valence-electron chi connectivity index (χ2n) is 3.39. The molecule has 2 nitrogen and oxygen atoms in total. The maximum absolute atomic E-state index is 11.9. The summed E-state index contributed by atoms with van der Waals surface area (Å²) in [4.78, 5) is 0. The van der Waals surface area contributed by atoms with Crippen molar-refractivity contribution < 1.29 is 17.9 Å². The van der Waals surface area contributed by atoms with E-state index in [1.54, 1.807) is 18.2 Å². The molecule has 94 valence electrons. The number of benzene rings is 1. The Kier molecular flexibility index (Phi) is 4.57. The van der Waals surface area contributed by atoms with Gasteiger partial charge in [-0.25, -0.2) is 0 Å². The number of hydrogen-bond acceptors (Lipinski definition) is 2. The summed E-state index contributed by atoms with van der Waals surface area (Å²) in [6.45, 7) is 6.35. The molecule has 5 heteroatoms. The zero-order valence-corrected chi connectivity index (χ0v) is 9.42. The molecule has 0 radical (unpaired) electrons. The molecule has 0 aromatic heterocycles. The van der Waals surface area contributed by atoms with Crippen molar-refractivity contribution in [2.45, 2.75) is 19.3 Å². The third-order valence-electron chi connectivity index (χ3n) is 2.13. The molecule has 0 saturated heterocycles. The molecular formula is C12H14F3NO. The number of hydrogen-bond donors (Lipinski definition) is 1. The molecule has 1 aromatic carbocycles. The Hall–Kier alpha value is -1.49. The molecule has 0 saturated carbocycles. The van der Waals surface area contributed by atoms with Gasteiger partial charge in [0.25, 0.3) is 0 Å². The average Bonchev–Trinajstić information content (AvgIpc) is 2.25. The van der Waals surface area contributed by atoms with Crippen LogP contribution in [0.4, 0.5) is 13.2 Å². The summed E-state index contributed by atoms with van der Waals surface area (Å²) in [5.74, 6) is -0.222. The van der Waals surface area contributed by atoms with E-state index >= 15 is 0 Å². The minimum absolute atomic E-state index is 0.0695. The number of halogens is 3. The van der Waals surface area contributed by atoms with Gasteiger partial charge in [-0.2, -0.15) is 0 Å². The van der Waals surface area contributed by atoms with E-state index in [1.807, 2.05) is 6.92 Å². The van der Waals surface area contributed by atoms with Gasteiger partial charge in [0.1, 0.15) is 5.75 Å². The van der Waals surface area contributed by atoms with Gasteiger partial charge >= 0.3 is 6.36 Å². The van der Waals surface area contributed by atoms with Gasteiger partial charge in [-0.15, -0.1) is 19.8 Å². The number of rotatable bonds is 5. The monoisotopic (exact) mass is 245 g/mol. The van der Waals surface area contributed by atoms with E-state index in [-0.39, 0.29) is 11.8 Å². The number of ether oxygens (including phenoxy) is 1. The third-order valence-corrected chi connectivity index (χ3v) is 2.13. The fourth-order valence-electron chi connectivity index (χ4n) is 1.43. The average molecular weight is 245 g/mol. The number of likely N-dealkylation sites (N-methyl/N-ethyl adjacent to an activating group) is 1. The SMILES string of the molecule is C=CC(NCC)c1ccc(OC(F)(F)F)cc1. The summed E-state index contributed by atoms with van der Waals surface area (Å²) in [5, 5.41) is 3.14. The van der Waals surface area contributed by atoms with E-state index in [9.17, 15) is 13.2 Å². The van der Waals surface area contributed by atoms with Gasteiger partial charge in [-0.1, -0.05) is 25.1 Å². The smallest absolute Gasteiger partial charge is 0.406 e. The quantitative estimate of drug-likeness (QED) is 0.802. The Morgan fingerprint density at radius 3 is 2.35 bits per heavy atom. The van der Waals surface area contributed by atoms with Crippen LogP contribution in [-0.4, -0.2) is 12.9 Å². The summed E-state index contributed by atoms with van der Waals surface area (Å²) >= 11 is 0. The van der Waals surface area contributed by atoms with Crippen molar-refractivity contribution in [1.82, 2.24) is 5.32 Å². The third kappa shape index (κ3) is 4.48. The molecule has 0 aliphatic carbocycles. The van der Waals surface area contributed by atoms with E-state index in [4.69, 9.17) is 0 Å². The van der Waals surface area contributed by atoms with Crippen LogP contribution < -0.4 is 10.1 Å². The molecule has 0 bridgehead atoms. The van der Waals surface area contributed by atoms with Crippen LogP contribution in [0.15, 0.2) is 36.9 Å². The van der Waals surface area contributed by atoms with Crippen LogP contribution in [0.2, 0.25) is 0 Å². The predicted octanol–water partition coefficient (Wildman–Crippen LogP) is 3.42. The van der Waals surface area contributed by atoms with Crippen molar-refractivity contribution in [3.05, 3.63) is 42.5 Å². The first-order valence-electron chi connectivity index (χ1n) is 5.18. The second-order valence-corrected chi connectivity index (χ2v) is 3.39. The first kappa shape index (κ1) is 13.6. The molecule has 0 spiro atoms. The summed E-state index contributed by atoms with van der Waals surface area (Å²) < 4.78 is 39.6. The highest BCUT2D eigenvalue weighted by Gasteiger charge is 2.30. The maximum Gasteiger partial charge on any atom is 0.573 e. The van der Waals surface area contributed by atoms with Crippen molar-refractivity contribution in [3.8, 4) is 5.75 Å². The Morgan fingerprint density at radius 1 is 1.35 bits per heavy atom. The molecule has 17 heavy (non-hydrogen) atoms. The normalized spacial score (nSPS) is 13.2. The molecular weight excluding hydrogens is 231 g/mol. The van der Waals surface area contributed by atoms with Crippen molar-refractivity contribution in [1.29, 1.82) is 0 Å². The Bertz CT molecular complexity index is 359. The molecule has 1 rings (SSSR count). The first-order chi connectivity index (χ1) is 7.96. The lowest BCUT2D eigenvalue weighted by Crippen LogP contribution is -2.19. The van der Waals surface area contributed by atoms with Crippen molar-refractivity contribution >= 4 is 0 Å².